The Morgan fingerprint density at radius 3 is 2.76 bits per heavy atom. The number of hydrogen-bond donors (Lipinski definition) is 2. The second-order valence-electron chi connectivity index (χ2n) is 4.03. The van der Waals surface area contributed by atoms with Gasteiger partial charge in [-0.25, -0.2) is 0 Å². The summed E-state index contributed by atoms with van der Waals surface area (Å²) in [5.41, 5.74) is 7.72. The van der Waals surface area contributed by atoms with Crippen molar-refractivity contribution in [3.8, 4) is 0 Å². The molecule has 0 atom stereocenters. The molecule has 1 fully saturated rings. The Morgan fingerprint density at radius 2 is 2.06 bits per heavy atom. The van der Waals surface area contributed by atoms with Gasteiger partial charge in [-0.05, 0) is 23.8 Å². The maximum Gasteiger partial charge on any atom is 0.168 e. The first-order valence-electron chi connectivity index (χ1n) is 5.70. The van der Waals surface area contributed by atoms with Crippen molar-refractivity contribution >= 4 is 23.0 Å². The van der Waals surface area contributed by atoms with Crippen LogP contribution in [0.5, 0.6) is 0 Å². The fraction of sp³-hybridized carbons (Fsp3) is 0.417. The number of anilines is 1. The summed E-state index contributed by atoms with van der Waals surface area (Å²) in [4.78, 5) is 2.36. The largest absolute Gasteiger partial charge is 0.379 e. The highest BCUT2D eigenvalue weighted by Gasteiger charge is 2.12. The van der Waals surface area contributed by atoms with E-state index < -0.39 is 0 Å². The summed E-state index contributed by atoms with van der Waals surface area (Å²) < 4.78 is 5.33. The van der Waals surface area contributed by atoms with Gasteiger partial charge < -0.3 is 15.8 Å². The van der Waals surface area contributed by atoms with Crippen molar-refractivity contribution in [2.45, 2.75) is 6.54 Å². The monoisotopic (exact) mass is 251 g/mol. The Kier molecular flexibility index (Phi) is 4.30. The number of morpholine rings is 1. The molecular weight excluding hydrogens is 234 g/mol. The van der Waals surface area contributed by atoms with E-state index >= 15 is 0 Å². The molecule has 2 rings (SSSR count). The van der Waals surface area contributed by atoms with Crippen molar-refractivity contribution in [2.24, 2.45) is 5.73 Å². The number of nitrogens with two attached hydrogens (primary N) is 1. The molecule has 1 saturated heterocycles. The zero-order valence-electron chi connectivity index (χ0n) is 9.69. The second kappa shape index (κ2) is 5.95. The molecule has 17 heavy (non-hydrogen) atoms. The SMILES string of the molecule is NC(=S)Nc1ccccc1CN1CCOCC1. The second-order valence-corrected chi connectivity index (χ2v) is 4.47. The van der Waals surface area contributed by atoms with Gasteiger partial charge in [0.15, 0.2) is 5.11 Å². The zero-order chi connectivity index (χ0) is 12.1. The molecule has 0 aliphatic carbocycles. The molecule has 0 radical (unpaired) electrons. The van der Waals surface area contributed by atoms with Crippen LogP contribution in [0, 0.1) is 0 Å². The molecule has 0 bridgehead atoms. The molecule has 1 aliphatic heterocycles. The Morgan fingerprint density at radius 1 is 1.35 bits per heavy atom. The van der Waals surface area contributed by atoms with E-state index in [1.165, 1.54) is 5.56 Å². The quantitative estimate of drug-likeness (QED) is 0.790. The van der Waals surface area contributed by atoms with Crippen LogP contribution >= 0.6 is 12.2 Å². The number of ether oxygens (including phenoxy) is 1. The van der Waals surface area contributed by atoms with Gasteiger partial charge in [0, 0.05) is 25.3 Å². The topological polar surface area (TPSA) is 50.5 Å². The minimum Gasteiger partial charge on any atom is -0.379 e. The van der Waals surface area contributed by atoms with E-state index in [-0.39, 0.29) is 0 Å². The van der Waals surface area contributed by atoms with E-state index in [4.69, 9.17) is 22.7 Å². The van der Waals surface area contributed by atoms with Gasteiger partial charge >= 0.3 is 0 Å². The van der Waals surface area contributed by atoms with Crippen LogP contribution in [0.15, 0.2) is 24.3 Å². The molecule has 1 aromatic carbocycles. The first-order valence-corrected chi connectivity index (χ1v) is 6.11. The molecule has 1 heterocycles. The minimum absolute atomic E-state index is 0.305. The third-order valence-corrected chi connectivity index (χ3v) is 2.87. The molecule has 0 saturated carbocycles. The molecule has 1 aromatic rings. The predicted octanol–water partition coefficient (Wildman–Crippen LogP) is 1.17. The van der Waals surface area contributed by atoms with Gasteiger partial charge in [0.05, 0.1) is 13.2 Å². The smallest absolute Gasteiger partial charge is 0.168 e. The predicted molar refractivity (Wildman–Crippen MR) is 72.9 cm³/mol. The molecular formula is C12H17N3OS. The standard InChI is InChI=1S/C12H17N3OS/c13-12(17)14-11-4-2-1-3-10(11)9-15-5-7-16-8-6-15/h1-4H,5-9H2,(H3,13,14,17). The van der Waals surface area contributed by atoms with Crippen LogP contribution in [0.4, 0.5) is 5.69 Å². The van der Waals surface area contributed by atoms with Crippen molar-refractivity contribution in [3.05, 3.63) is 29.8 Å². The Hall–Kier alpha value is -1.17. The first-order chi connectivity index (χ1) is 8.25. The van der Waals surface area contributed by atoms with Crippen molar-refractivity contribution in [1.82, 2.24) is 4.90 Å². The van der Waals surface area contributed by atoms with Crippen LogP contribution in [-0.2, 0) is 11.3 Å². The Bertz CT molecular complexity index is 391. The minimum atomic E-state index is 0.305. The lowest BCUT2D eigenvalue weighted by Crippen LogP contribution is -2.36. The molecule has 0 unspecified atom stereocenters. The van der Waals surface area contributed by atoms with E-state index in [0.29, 0.717) is 5.11 Å². The van der Waals surface area contributed by atoms with Gasteiger partial charge in [-0.3, -0.25) is 4.90 Å². The average Bonchev–Trinajstić information content (AvgIpc) is 2.32. The van der Waals surface area contributed by atoms with Crippen molar-refractivity contribution in [2.75, 3.05) is 31.6 Å². The van der Waals surface area contributed by atoms with Crippen molar-refractivity contribution < 1.29 is 4.74 Å². The summed E-state index contributed by atoms with van der Waals surface area (Å²) in [6, 6.07) is 8.09. The van der Waals surface area contributed by atoms with Crippen LogP contribution in [0.3, 0.4) is 0 Å². The van der Waals surface area contributed by atoms with Crippen LogP contribution in [0.2, 0.25) is 0 Å². The molecule has 0 amide bonds. The third-order valence-electron chi connectivity index (χ3n) is 2.77. The number of para-hydroxylation sites is 1. The Balaban J connectivity index is 2.05. The summed E-state index contributed by atoms with van der Waals surface area (Å²) in [7, 11) is 0. The summed E-state index contributed by atoms with van der Waals surface area (Å²) in [6.45, 7) is 4.47. The van der Waals surface area contributed by atoms with Crippen molar-refractivity contribution in [3.63, 3.8) is 0 Å². The van der Waals surface area contributed by atoms with Crippen molar-refractivity contribution in [1.29, 1.82) is 0 Å². The van der Waals surface area contributed by atoms with Crippen LogP contribution < -0.4 is 11.1 Å². The highest BCUT2D eigenvalue weighted by Crippen LogP contribution is 2.17. The molecule has 3 N–H and O–H groups in total. The maximum atomic E-state index is 5.51. The first kappa shape index (κ1) is 12.3. The lowest BCUT2D eigenvalue weighted by atomic mass is 10.1. The summed E-state index contributed by atoms with van der Waals surface area (Å²) in [5.74, 6) is 0. The maximum absolute atomic E-state index is 5.51. The lowest BCUT2D eigenvalue weighted by molar-refractivity contribution is 0.0343. The summed E-state index contributed by atoms with van der Waals surface area (Å²) >= 11 is 4.87. The van der Waals surface area contributed by atoms with Crippen LogP contribution in [0.25, 0.3) is 0 Å². The van der Waals surface area contributed by atoms with E-state index in [0.717, 1.165) is 38.5 Å². The number of nitrogens with zero attached hydrogens (tertiary/aromatic N) is 1. The average molecular weight is 251 g/mol. The highest BCUT2D eigenvalue weighted by molar-refractivity contribution is 7.80. The number of nitrogens with one attached hydrogen (secondary N) is 1. The van der Waals surface area contributed by atoms with Gasteiger partial charge in [-0.15, -0.1) is 0 Å². The van der Waals surface area contributed by atoms with Gasteiger partial charge in [-0.1, -0.05) is 18.2 Å². The number of thiocarbonyl (C=S) groups is 1. The number of benzene rings is 1. The fourth-order valence-electron chi connectivity index (χ4n) is 1.91. The molecule has 4 nitrogen and oxygen atoms in total. The highest BCUT2D eigenvalue weighted by atomic mass is 32.1. The van der Waals surface area contributed by atoms with Gasteiger partial charge in [0.1, 0.15) is 0 Å². The fourth-order valence-corrected chi connectivity index (χ4v) is 2.02. The summed E-state index contributed by atoms with van der Waals surface area (Å²) in [5, 5.41) is 3.32. The molecule has 92 valence electrons. The van der Waals surface area contributed by atoms with E-state index in [1.807, 2.05) is 18.2 Å². The third kappa shape index (κ3) is 3.66. The number of hydrogen-bond acceptors (Lipinski definition) is 3. The van der Waals surface area contributed by atoms with Gasteiger partial charge in [0.25, 0.3) is 0 Å². The van der Waals surface area contributed by atoms with Gasteiger partial charge in [0.2, 0.25) is 0 Å². The number of rotatable bonds is 3. The van der Waals surface area contributed by atoms with E-state index in [1.54, 1.807) is 0 Å². The van der Waals surface area contributed by atoms with Crippen LogP contribution in [-0.4, -0.2) is 36.3 Å². The molecule has 5 heteroatoms. The van der Waals surface area contributed by atoms with E-state index in [9.17, 15) is 0 Å². The Labute approximate surface area is 107 Å². The molecule has 1 aliphatic rings. The molecule has 0 aromatic heterocycles. The zero-order valence-corrected chi connectivity index (χ0v) is 10.5. The lowest BCUT2D eigenvalue weighted by Gasteiger charge is -2.27. The van der Waals surface area contributed by atoms with Crippen LogP contribution in [0.1, 0.15) is 5.56 Å². The van der Waals surface area contributed by atoms with Gasteiger partial charge in [-0.2, -0.15) is 0 Å². The van der Waals surface area contributed by atoms with E-state index in [2.05, 4.69) is 16.3 Å². The normalized spacial score (nSPS) is 16.7. The summed E-state index contributed by atoms with van der Waals surface area (Å²) in [6.07, 6.45) is 0. The molecule has 0 spiro atoms.